The summed E-state index contributed by atoms with van der Waals surface area (Å²) in [6.07, 6.45) is 2.29. The van der Waals surface area contributed by atoms with E-state index in [1.165, 1.54) is 0 Å². The van der Waals surface area contributed by atoms with Gasteiger partial charge < -0.3 is 19.1 Å². The summed E-state index contributed by atoms with van der Waals surface area (Å²) in [5, 5.41) is 0.878. The highest BCUT2D eigenvalue weighted by Crippen LogP contribution is 2.23. The molecule has 0 atom stereocenters. The van der Waals surface area contributed by atoms with Gasteiger partial charge in [0.25, 0.3) is 0 Å². The number of aromatic nitrogens is 2. The van der Waals surface area contributed by atoms with Gasteiger partial charge in [0.15, 0.2) is 0 Å². The lowest BCUT2D eigenvalue weighted by molar-refractivity contribution is 0.0479. The summed E-state index contributed by atoms with van der Waals surface area (Å²) < 4.78 is 16.1. The van der Waals surface area contributed by atoms with Crippen LogP contribution in [-0.2, 0) is 4.74 Å². The number of hydrogen-bond donors (Lipinski definition) is 0. The van der Waals surface area contributed by atoms with Crippen LogP contribution in [0.3, 0.4) is 0 Å². The van der Waals surface area contributed by atoms with Crippen molar-refractivity contribution < 1.29 is 14.2 Å². The number of alkyl halides is 1. The topological polar surface area (TPSA) is 56.7 Å². The number of methoxy groups -OCH3 is 2. The molecule has 1 aromatic heterocycles. The van der Waals surface area contributed by atoms with Gasteiger partial charge in [0.1, 0.15) is 0 Å². The van der Waals surface area contributed by atoms with Crippen LogP contribution in [0.15, 0.2) is 6.07 Å². The molecule has 2 heterocycles. The number of halogens is 1. The summed E-state index contributed by atoms with van der Waals surface area (Å²) in [6.45, 7) is 2.51. The van der Waals surface area contributed by atoms with Crippen LogP contribution in [0.25, 0.3) is 0 Å². The van der Waals surface area contributed by atoms with Crippen molar-refractivity contribution >= 4 is 21.9 Å². The van der Waals surface area contributed by atoms with Crippen molar-refractivity contribution in [2.75, 3.05) is 44.1 Å². The molecule has 1 saturated heterocycles. The molecule has 0 N–H and O–H groups in total. The SMILES string of the molecule is COc1cc(OC)nc(N2CCC(OCCBr)CC2)n1. The van der Waals surface area contributed by atoms with E-state index in [0.717, 1.165) is 37.9 Å². The third kappa shape index (κ3) is 3.96. The Labute approximate surface area is 127 Å². The maximum absolute atomic E-state index is 5.74. The molecule has 1 aliphatic heterocycles. The first-order valence-electron chi connectivity index (χ1n) is 6.66. The smallest absolute Gasteiger partial charge is 0.231 e. The van der Waals surface area contributed by atoms with Crippen LogP contribution < -0.4 is 14.4 Å². The van der Waals surface area contributed by atoms with Crippen molar-refractivity contribution in [1.29, 1.82) is 0 Å². The van der Waals surface area contributed by atoms with Gasteiger partial charge in [-0.05, 0) is 12.8 Å². The Morgan fingerprint density at radius 2 is 1.80 bits per heavy atom. The van der Waals surface area contributed by atoms with Gasteiger partial charge in [-0.1, -0.05) is 15.9 Å². The third-order valence-electron chi connectivity index (χ3n) is 3.24. The van der Waals surface area contributed by atoms with E-state index in [0.29, 0.717) is 23.8 Å². The molecular formula is C13H20BrN3O3. The highest BCUT2D eigenvalue weighted by Gasteiger charge is 2.22. The summed E-state index contributed by atoms with van der Waals surface area (Å²) in [7, 11) is 3.18. The first-order valence-corrected chi connectivity index (χ1v) is 7.78. The molecule has 0 amide bonds. The lowest BCUT2D eigenvalue weighted by atomic mass is 10.1. The zero-order valence-electron chi connectivity index (χ0n) is 11.8. The number of nitrogens with zero attached hydrogens (tertiary/aromatic N) is 3. The van der Waals surface area contributed by atoms with E-state index in [-0.39, 0.29) is 0 Å². The normalized spacial score (nSPS) is 16.2. The fraction of sp³-hybridized carbons (Fsp3) is 0.692. The van der Waals surface area contributed by atoms with E-state index in [2.05, 4.69) is 30.8 Å². The lowest BCUT2D eigenvalue weighted by Crippen LogP contribution is -2.38. The average molecular weight is 346 g/mol. The maximum Gasteiger partial charge on any atom is 0.231 e. The molecule has 0 radical (unpaired) electrons. The number of ether oxygens (including phenoxy) is 3. The molecule has 0 unspecified atom stereocenters. The highest BCUT2D eigenvalue weighted by molar-refractivity contribution is 9.09. The average Bonchev–Trinajstić information content (AvgIpc) is 2.52. The minimum absolute atomic E-state index is 0.330. The fourth-order valence-electron chi connectivity index (χ4n) is 2.18. The molecule has 1 fully saturated rings. The van der Waals surface area contributed by atoms with Gasteiger partial charge in [0.05, 0.1) is 33.0 Å². The van der Waals surface area contributed by atoms with E-state index in [9.17, 15) is 0 Å². The fourth-order valence-corrected chi connectivity index (χ4v) is 2.36. The molecule has 2 rings (SSSR count). The Kier molecular flexibility index (Phi) is 5.85. The number of hydrogen-bond acceptors (Lipinski definition) is 6. The van der Waals surface area contributed by atoms with Crippen molar-refractivity contribution in [2.24, 2.45) is 0 Å². The van der Waals surface area contributed by atoms with E-state index in [1.807, 2.05) is 0 Å². The second-order valence-electron chi connectivity index (χ2n) is 4.50. The second-order valence-corrected chi connectivity index (χ2v) is 5.29. The number of anilines is 1. The first kappa shape index (κ1) is 15.3. The lowest BCUT2D eigenvalue weighted by Gasteiger charge is -2.32. The molecule has 20 heavy (non-hydrogen) atoms. The molecule has 1 aliphatic rings. The van der Waals surface area contributed by atoms with Gasteiger partial charge in [-0.25, -0.2) is 0 Å². The van der Waals surface area contributed by atoms with Gasteiger partial charge in [-0.3, -0.25) is 0 Å². The van der Waals surface area contributed by atoms with E-state index in [1.54, 1.807) is 20.3 Å². The van der Waals surface area contributed by atoms with Crippen molar-refractivity contribution in [2.45, 2.75) is 18.9 Å². The molecule has 0 bridgehead atoms. The quantitative estimate of drug-likeness (QED) is 0.733. The molecule has 112 valence electrons. The molecule has 7 heteroatoms. The summed E-state index contributed by atoms with van der Waals surface area (Å²) >= 11 is 3.37. The molecule has 1 aromatic rings. The molecule has 0 aliphatic carbocycles. The first-order chi connectivity index (χ1) is 9.76. The summed E-state index contributed by atoms with van der Waals surface area (Å²) in [5.41, 5.74) is 0. The summed E-state index contributed by atoms with van der Waals surface area (Å²) in [4.78, 5) is 10.9. The van der Waals surface area contributed by atoms with Crippen LogP contribution in [0.2, 0.25) is 0 Å². The molecule has 0 spiro atoms. The van der Waals surface area contributed by atoms with Gasteiger partial charge in [0.2, 0.25) is 17.7 Å². The Balaban J connectivity index is 1.99. The molecule has 0 saturated carbocycles. The van der Waals surface area contributed by atoms with E-state index in [4.69, 9.17) is 14.2 Å². The van der Waals surface area contributed by atoms with Crippen LogP contribution in [0, 0.1) is 0 Å². The minimum atomic E-state index is 0.330. The summed E-state index contributed by atoms with van der Waals surface area (Å²) in [6, 6.07) is 1.68. The number of piperidine rings is 1. The predicted molar refractivity (Wildman–Crippen MR) is 80.1 cm³/mol. The summed E-state index contributed by atoms with van der Waals surface area (Å²) in [5.74, 6) is 1.69. The zero-order valence-corrected chi connectivity index (χ0v) is 13.4. The van der Waals surface area contributed by atoms with E-state index >= 15 is 0 Å². The number of rotatable bonds is 6. The Hall–Kier alpha value is -1.08. The van der Waals surface area contributed by atoms with Crippen molar-refractivity contribution in [3.05, 3.63) is 6.07 Å². The van der Waals surface area contributed by atoms with Gasteiger partial charge in [0, 0.05) is 18.4 Å². The largest absolute Gasteiger partial charge is 0.481 e. The van der Waals surface area contributed by atoms with E-state index < -0.39 is 0 Å². The second kappa shape index (κ2) is 7.64. The minimum Gasteiger partial charge on any atom is -0.481 e. The maximum atomic E-state index is 5.74. The van der Waals surface area contributed by atoms with Gasteiger partial charge in [-0.15, -0.1) is 0 Å². The van der Waals surface area contributed by atoms with Crippen molar-refractivity contribution in [1.82, 2.24) is 9.97 Å². The Bertz CT molecular complexity index is 403. The van der Waals surface area contributed by atoms with Crippen LogP contribution in [0.1, 0.15) is 12.8 Å². The van der Waals surface area contributed by atoms with Crippen LogP contribution in [0.5, 0.6) is 11.8 Å². The monoisotopic (exact) mass is 345 g/mol. The Morgan fingerprint density at radius 1 is 1.20 bits per heavy atom. The van der Waals surface area contributed by atoms with Crippen LogP contribution in [-0.4, -0.2) is 55.3 Å². The van der Waals surface area contributed by atoms with Crippen molar-refractivity contribution in [3.63, 3.8) is 0 Å². The molecule has 6 nitrogen and oxygen atoms in total. The van der Waals surface area contributed by atoms with Crippen molar-refractivity contribution in [3.8, 4) is 11.8 Å². The van der Waals surface area contributed by atoms with Gasteiger partial charge >= 0.3 is 0 Å². The zero-order chi connectivity index (χ0) is 14.4. The standard InChI is InChI=1S/C13H20BrN3O3/c1-18-11-9-12(19-2)16-13(15-11)17-6-3-10(4-7-17)20-8-5-14/h9-10H,3-8H2,1-2H3. The van der Waals surface area contributed by atoms with Crippen LogP contribution in [0.4, 0.5) is 5.95 Å². The van der Waals surface area contributed by atoms with Crippen LogP contribution >= 0.6 is 15.9 Å². The Morgan fingerprint density at radius 3 is 2.30 bits per heavy atom. The van der Waals surface area contributed by atoms with Gasteiger partial charge in [-0.2, -0.15) is 9.97 Å². The molecule has 0 aromatic carbocycles. The highest BCUT2D eigenvalue weighted by atomic mass is 79.9. The molecular weight excluding hydrogens is 326 g/mol. The predicted octanol–water partition coefficient (Wildman–Crippen LogP) is 1.87. The third-order valence-corrected chi connectivity index (χ3v) is 3.56.